The lowest BCUT2D eigenvalue weighted by Gasteiger charge is -2.22. The van der Waals surface area contributed by atoms with Gasteiger partial charge >= 0.3 is 0 Å². The molecule has 1 heterocycles. The first-order valence-electron chi connectivity index (χ1n) is 7.60. The Morgan fingerprint density at radius 1 is 1.09 bits per heavy atom. The van der Waals surface area contributed by atoms with Gasteiger partial charge in [0.25, 0.3) is 0 Å². The predicted octanol–water partition coefficient (Wildman–Crippen LogP) is 2.58. The standard InChI is InChI=1S/C18H19NO3S/c1-14-11-16-9-5-6-10-17(16)19(14)18(20)13-23(21,22)12-15-7-3-2-4-8-15/h2-10,14H,11-13H2,1H3/t14-/m0/s1. The van der Waals surface area contributed by atoms with Gasteiger partial charge in [0.1, 0.15) is 5.75 Å². The van der Waals surface area contributed by atoms with E-state index in [2.05, 4.69) is 0 Å². The summed E-state index contributed by atoms with van der Waals surface area (Å²) in [6.07, 6.45) is 0.765. The van der Waals surface area contributed by atoms with Crippen molar-refractivity contribution in [3.63, 3.8) is 0 Å². The monoisotopic (exact) mass is 329 g/mol. The number of carbonyl (C=O) groups excluding carboxylic acids is 1. The maximum absolute atomic E-state index is 12.6. The van der Waals surface area contributed by atoms with E-state index < -0.39 is 15.6 Å². The molecule has 0 fully saturated rings. The van der Waals surface area contributed by atoms with E-state index in [1.54, 1.807) is 29.2 Å². The zero-order valence-electron chi connectivity index (χ0n) is 13.0. The van der Waals surface area contributed by atoms with Crippen molar-refractivity contribution in [2.75, 3.05) is 10.7 Å². The lowest BCUT2D eigenvalue weighted by Crippen LogP contribution is -2.39. The van der Waals surface area contributed by atoms with Gasteiger partial charge in [-0.05, 0) is 30.5 Å². The predicted molar refractivity (Wildman–Crippen MR) is 91.0 cm³/mol. The van der Waals surface area contributed by atoms with Crippen LogP contribution in [0.1, 0.15) is 18.1 Å². The molecule has 0 aromatic heterocycles. The molecule has 1 aliphatic rings. The fraction of sp³-hybridized carbons (Fsp3) is 0.278. The Labute approximate surface area is 136 Å². The molecular weight excluding hydrogens is 310 g/mol. The average Bonchev–Trinajstić information content (AvgIpc) is 2.83. The van der Waals surface area contributed by atoms with Crippen LogP contribution in [0.25, 0.3) is 0 Å². The van der Waals surface area contributed by atoms with Crippen LogP contribution in [0.4, 0.5) is 5.69 Å². The van der Waals surface area contributed by atoms with Gasteiger partial charge in [-0.3, -0.25) is 4.79 Å². The Kier molecular flexibility index (Phi) is 4.22. The van der Waals surface area contributed by atoms with Crippen LogP contribution >= 0.6 is 0 Å². The smallest absolute Gasteiger partial charge is 0.242 e. The number of para-hydroxylation sites is 1. The Hall–Kier alpha value is -2.14. The maximum atomic E-state index is 12.6. The number of hydrogen-bond acceptors (Lipinski definition) is 3. The van der Waals surface area contributed by atoms with Gasteiger partial charge in [0.05, 0.1) is 5.75 Å². The van der Waals surface area contributed by atoms with Gasteiger partial charge in [0.15, 0.2) is 9.84 Å². The van der Waals surface area contributed by atoms with E-state index in [4.69, 9.17) is 0 Å². The molecule has 5 heteroatoms. The molecule has 0 aliphatic carbocycles. The average molecular weight is 329 g/mol. The molecule has 0 bridgehead atoms. The van der Waals surface area contributed by atoms with Crippen LogP contribution in [-0.2, 0) is 26.8 Å². The molecule has 0 saturated carbocycles. The first-order valence-corrected chi connectivity index (χ1v) is 9.43. The van der Waals surface area contributed by atoms with Gasteiger partial charge in [-0.2, -0.15) is 0 Å². The van der Waals surface area contributed by atoms with Crippen LogP contribution in [-0.4, -0.2) is 26.1 Å². The Bertz CT molecular complexity index is 815. The number of fused-ring (bicyclic) bond motifs is 1. The first kappa shape index (κ1) is 15.7. The summed E-state index contributed by atoms with van der Waals surface area (Å²) in [4.78, 5) is 14.2. The molecule has 120 valence electrons. The van der Waals surface area contributed by atoms with E-state index >= 15 is 0 Å². The highest BCUT2D eigenvalue weighted by Crippen LogP contribution is 2.32. The van der Waals surface area contributed by atoms with Crippen LogP contribution < -0.4 is 4.90 Å². The number of amides is 1. The van der Waals surface area contributed by atoms with E-state index in [1.165, 1.54) is 0 Å². The van der Waals surface area contributed by atoms with E-state index in [1.807, 2.05) is 37.3 Å². The largest absolute Gasteiger partial charge is 0.308 e. The van der Waals surface area contributed by atoms with Gasteiger partial charge in [-0.25, -0.2) is 8.42 Å². The lowest BCUT2D eigenvalue weighted by molar-refractivity contribution is -0.116. The van der Waals surface area contributed by atoms with E-state index in [0.717, 1.165) is 17.7 Å². The summed E-state index contributed by atoms with van der Waals surface area (Å²) in [5.41, 5.74) is 2.63. The summed E-state index contributed by atoms with van der Waals surface area (Å²) in [6, 6.07) is 16.6. The molecule has 4 nitrogen and oxygen atoms in total. The minimum atomic E-state index is -3.49. The summed E-state index contributed by atoms with van der Waals surface area (Å²) in [6.45, 7) is 1.95. The highest BCUT2D eigenvalue weighted by atomic mass is 32.2. The van der Waals surface area contributed by atoms with E-state index in [9.17, 15) is 13.2 Å². The number of hydrogen-bond donors (Lipinski definition) is 0. The molecule has 3 rings (SSSR count). The van der Waals surface area contributed by atoms with Crippen molar-refractivity contribution < 1.29 is 13.2 Å². The molecule has 23 heavy (non-hydrogen) atoms. The third-order valence-electron chi connectivity index (χ3n) is 4.05. The van der Waals surface area contributed by atoms with Crippen molar-refractivity contribution in [1.82, 2.24) is 0 Å². The number of sulfone groups is 1. The van der Waals surface area contributed by atoms with Gasteiger partial charge in [-0.15, -0.1) is 0 Å². The molecule has 0 N–H and O–H groups in total. The van der Waals surface area contributed by atoms with Crippen LogP contribution in [0.5, 0.6) is 0 Å². The third kappa shape index (κ3) is 3.45. The van der Waals surface area contributed by atoms with Gasteiger partial charge in [-0.1, -0.05) is 48.5 Å². The third-order valence-corrected chi connectivity index (χ3v) is 5.51. The molecule has 2 aromatic rings. The topological polar surface area (TPSA) is 54.5 Å². The van der Waals surface area contributed by atoms with Gasteiger partial charge < -0.3 is 4.90 Å². The fourth-order valence-electron chi connectivity index (χ4n) is 3.08. The van der Waals surface area contributed by atoms with Crippen molar-refractivity contribution in [1.29, 1.82) is 0 Å². The van der Waals surface area contributed by atoms with Crippen LogP contribution in [0, 0.1) is 0 Å². The molecule has 1 amide bonds. The minimum absolute atomic E-state index is 0.00757. The highest BCUT2D eigenvalue weighted by molar-refractivity contribution is 7.91. The molecule has 2 aromatic carbocycles. The summed E-state index contributed by atoms with van der Waals surface area (Å²) < 4.78 is 24.7. The van der Waals surface area contributed by atoms with Gasteiger partial charge in [0.2, 0.25) is 5.91 Å². The molecular formula is C18H19NO3S. The summed E-state index contributed by atoms with van der Waals surface area (Å²) in [5, 5.41) is 0. The second-order valence-electron chi connectivity index (χ2n) is 5.96. The lowest BCUT2D eigenvalue weighted by atomic mass is 10.1. The normalized spacial score (nSPS) is 17.1. The quantitative estimate of drug-likeness (QED) is 0.866. The zero-order valence-corrected chi connectivity index (χ0v) is 13.8. The second kappa shape index (κ2) is 6.16. The molecule has 0 unspecified atom stereocenters. The maximum Gasteiger partial charge on any atom is 0.242 e. The molecule has 0 radical (unpaired) electrons. The number of anilines is 1. The summed E-state index contributed by atoms with van der Waals surface area (Å²) >= 11 is 0. The van der Waals surface area contributed by atoms with E-state index in [-0.39, 0.29) is 17.7 Å². The number of carbonyl (C=O) groups is 1. The Balaban J connectivity index is 1.76. The molecule has 1 aliphatic heterocycles. The van der Waals surface area contributed by atoms with Crippen LogP contribution in [0.15, 0.2) is 54.6 Å². The van der Waals surface area contributed by atoms with Crippen LogP contribution in [0.2, 0.25) is 0 Å². The zero-order chi connectivity index (χ0) is 16.4. The van der Waals surface area contributed by atoms with Crippen molar-refractivity contribution in [2.24, 2.45) is 0 Å². The minimum Gasteiger partial charge on any atom is -0.308 e. The number of rotatable bonds is 4. The number of nitrogens with zero attached hydrogens (tertiary/aromatic N) is 1. The molecule has 0 spiro atoms. The Morgan fingerprint density at radius 2 is 1.74 bits per heavy atom. The van der Waals surface area contributed by atoms with Crippen molar-refractivity contribution >= 4 is 21.4 Å². The first-order chi connectivity index (χ1) is 11.0. The second-order valence-corrected chi connectivity index (χ2v) is 8.03. The Morgan fingerprint density at radius 3 is 2.48 bits per heavy atom. The van der Waals surface area contributed by atoms with Crippen molar-refractivity contribution in [2.45, 2.75) is 25.1 Å². The van der Waals surface area contributed by atoms with E-state index in [0.29, 0.717) is 5.56 Å². The van der Waals surface area contributed by atoms with Crippen molar-refractivity contribution in [3.05, 3.63) is 65.7 Å². The molecule has 0 saturated heterocycles. The summed E-state index contributed by atoms with van der Waals surface area (Å²) in [5.74, 6) is -0.914. The van der Waals surface area contributed by atoms with Crippen molar-refractivity contribution in [3.8, 4) is 0 Å². The summed E-state index contributed by atoms with van der Waals surface area (Å²) in [7, 11) is -3.49. The molecule has 1 atom stereocenters. The number of benzene rings is 2. The highest BCUT2D eigenvalue weighted by Gasteiger charge is 2.32. The fourth-order valence-corrected chi connectivity index (χ4v) is 4.40. The van der Waals surface area contributed by atoms with Crippen LogP contribution in [0.3, 0.4) is 0 Å². The van der Waals surface area contributed by atoms with Gasteiger partial charge in [0, 0.05) is 11.7 Å². The SMILES string of the molecule is C[C@H]1Cc2ccccc2N1C(=O)CS(=O)(=O)Cc1ccccc1.